The predicted molar refractivity (Wildman–Crippen MR) is 67.9 cm³/mol. The van der Waals surface area contributed by atoms with E-state index in [0.29, 0.717) is 0 Å². The highest BCUT2D eigenvalue weighted by molar-refractivity contribution is 5.17. The molecule has 2 rings (SSSR count). The molecule has 3 N–H and O–H groups in total. The Morgan fingerprint density at radius 2 is 2.29 bits per heavy atom. The Morgan fingerprint density at radius 3 is 2.94 bits per heavy atom. The monoisotopic (exact) mass is 237 g/mol. The molecule has 1 aromatic rings. The molecule has 4 nitrogen and oxygen atoms in total. The number of rotatable bonds is 4. The first-order chi connectivity index (χ1) is 8.15. The van der Waals surface area contributed by atoms with Crippen LogP contribution in [0.1, 0.15) is 49.8 Å². The van der Waals surface area contributed by atoms with E-state index >= 15 is 0 Å². The van der Waals surface area contributed by atoms with Crippen molar-refractivity contribution in [1.82, 2.24) is 9.97 Å². The van der Waals surface area contributed by atoms with Crippen LogP contribution in [0.5, 0.6) is 0 Å². The molecule has 0 spiro atoms. The van der Waals surface area contributed by atoms with Crippen LogP contribution in [0, 0.1) is 6.92 Å². The lowest BCUT2D eigenvalue weighted by molar-refractivity contribution is -0.0756. The quantitative estimate of drug-likeness (QED) is 0.842. The molecule has 0 saturated carbocycles. The van der Waals surface area contributed by atoms with E-state index in [1.165, 1.54) is 6.42 Å². The van der Waals surface area contributed by atoms with E-state index in [0.717, 1.165) is 56.0 Å². The van der Waals surface area contributed by atoms with Gasteiger partial charge in [0.05, 0.1) is 5.69 Å². The molecule has 1 aliphatic heterocycles. The molecule has 1 saturated heterocycles. The molecule has 2 heterocycles. The normalized spacial score (nSPS) is 25.1. The number of imidazole rings is 1. The molecule has 0 aromatic carbocycles. The Labute approximate surface area is 103 Å². The summed E-state index contributed by atoms with van der Waals surface area (Å²) in [6.45, 7) is 5.77. The Kier molecular flexibility index (Phi) is 3.84. The molecule has 96 valence electrons. The Bertz CT molecular complexity index is 367. The summed E-state index contributed by atoms with van der Waals surface area (Å²) in [6.07, 6.45) is 5.37. The van der Waals surface area contributed by atoms with E-state index in [1.807, 2.05) is 0 Å². The second-order valence-electron chi connectivity index (χ2n) is 5.09. The van der Waals surface area contributed by atoms with E-state index in [1.54, 1.807) is 0 Å². The van der Waals surface area contributed by atoms with E-state index in [9.17, 15) is 0 Å². The van der Waals surface area contributed by atoms with Crippen molar-refractivity contribution in [2.45, 2.75) is 51.6 Å². The number of hydrogen-bond acceptors (Lipinski definition) is 3. The van der Waals surface area contributed by atoms with Crippen LogP contribution in [0.15, 0.2) is 0 Å². The molecule has 17 heavy (non-hydrogen) atoms. The van der Waals surface area contributed by atoms with Crippen molar-refractivity contribution in [3.8, 4) is 0 Å². The first-order valence-corrected chi connectivity index (χ1v) is 6.56. The topological polar surface area (TPSA) is 63.9 Å². The van der Waals surface area contributed by atoms with Gasteiger partial charge in [-0.15, -0.1) is 0 Å². The summed E-state index contributed by atoms with van der Waals surface area (Å²) in [6, 6.07) is 0. The van der Waals surface area contributed by atoms with Gasteiger partial charge >= 0.3 is 0 Å². The van der Waals surface area contributed by atoms with Crippen molar-refractivity contribution < 1.29 is 4.74 Å². The maximum Gasteiger partial charge on any atom is 0.138 e. The minimum absolute atomic E-state index is 0.218. The minimum Gasteiger partial charge on any atom is -0.367 e. The average molecular weight is 237 g/mol. The molecule has 1 fully saturated rings. The highest BCUT2D eigenvalue weighted by Crippen LogP contribution is 2.33. The van der Waals surface area contributed by atoms with E-state index in [-0.39, 0.29) is 5.60 Å². The summed E-state index contributed by atoms with van der Waals surface area (Å²) in [4.78, 5) is 8.09. The number of ether oxygens (including phenoxy) is 1. The second-order valence-corrected chi connectivity index (χ2v) is 5.09. The van der Waals surface area contributed by atoms with Gasteiger partial charge in [-0.2, -0.15) is 0 Å². The maximum atomic E-state index is 5.91. The van der Waals surface area contributed by atoms with E-state index in [2.05, 4.69) is 18.8 Å². The molecule has 1 aromatic heterocycles. The van der Waals surface area contributed by atoms with Crippen LogP contribution < -0.4 is 5.73 Å². The van der Waals surface area contributed by atoms with Gasteiger partial charge in [0, 0.05) is 12.3 Å². The zero-order chi connectivity index (χ0) is 12.3. The van der Waals surface area contributed by atoms with E-state index in [4.69, 9.17) is 15.5 Å². The van der Waals surface area contributed by atoms with E-state index < -0.39 is 0 Å². The van der Waals surface area contributed by atoms with Gasteiger partial charge in [0.15, 0.2) is 0 Å². The first kappa shape index (κ1) is 12.6. The third-order valence-corrected chi connectivity index (χ3v) is 3.57. The molecule has 1 atom stereocenters. The number of nitrogens with one attached hydrogen (secondary N) is 1. The predicted octanol–water partition coefficient (Wildman–Crippen LogP) is 2.03. The lowest BCUT2D eigenvalue weighted by Gasteiger charge is -2.31. The van der Waals surface area contributed by atoms with Gasteiger partial charge in [-0.3, -0.25) is 0 Å². The van der Waals surface area contributed by atoms with Crippen molar-refractivity contribution in [3.05, 3.63) is 17.2 Å². The first-order valence-electron chi connectivity index (χ1n) is 6.56. The number of nitrogens with two attached hydrogens (primary N) is 1. The molecular formula is C13H23N3O. The Hall–Kier alpha value is -0.870. The molecule has 0 aliphatic carbocycles. The summed E-state index contributed by atoms with van der Waals surface area (Å²) in [7, 11) is 0. The Morgan fingerprint density at radius 1 is 1.47 bits per heavy atom. The van der Waals surface area contributed by atoms with Gasteiger partial charge in [-0.05, 0) is 52.5 Å². The lowest BCUT2D eigenvalue weighted by Crippen LogP contribution is -2.31. The summed E-state index contributed by atoms with van der Waals surface area (Å²) in [5.74, 6) is 0.988. The van der Waals surface area contributed by atoms with Gasteiger partial charge in [0.25, 0.3) is 0 Å². The summed E-state index contributed by atoms with van der Waals surface area (Å²) >= 11 is 0. The number of aryl methyl sites for hydroxylation is 2. The fraction of sp³-hybridized carbons (Fsp3) is 0.769. The zero-order valence-corrected chi connectivity index (χ0v) is 10.9. The van der Waals surface area contributed by atoms with Crippen LogP contribution in [0.2, 0.25) is 0 Å². The number of nitrogens with zero attached hydrogens (tertiary/aromatic N) is 1. The lowest BCUT2D eigenvalue weighted by atomic mass is 9.95. The molecule has 4 heteroatoms. The van der Waals surface area contributed by atoms with Gasteiger partial charge < -0.3 is 15.5 Å². The van der Waals surface area contributed by atoms with Crippen molar-refractivity contribution in [2.75, 3.05) is 13.2 Å². The number of H-pyrrole nitrogens is 1. The summed E-state index contributed by atoms with van der Waals surface area (Å²) < 4.78 is 5.91. The third kappa shape index (κ3) is 2.69. The van der Waals surface area contributed by atoms with Gasteiger partial charge in [0.2, 0.25) is 0 Å². The van der Waals surface area contributed by atoms with Gasteiger partial charge in [0.1, 0.15) is 11.4 Å². The van der Waals surface area contributed by atoms with Crippen LogP contribution in [0.25, 0.3) is 0 Å². The van der Waals surface area contributed by atoms with Crippen LogP contribution in [0.3, 0.4) is 0 Å². The van der Waals surface area contributed by atoms with Crippen molar-refractivity contribution in [3.63, 3.8) is 0 Å². The maximum absolute atomic E-state index is 5.91. The number of aromatic nitrogens is 2. The van der Waals surface area contributed by atoms with Crippen LogP contribution >= 0.6 is 0 Å². The molecule has 0 amide bonds. The average Bonchev–Trinajstić information content (AvgIpc) is 2.70. The third-order valence-electron chi connectivity index (χ3n) is 3.57. The van der Waals surface area contributed by atoms with Crippen molar-refractivity contribution >= 4 is 0 Å². The van der Waals surface area contributed by atoms with Crippen LogP contribution in [0.4, 0.5) is 0 Å². The molecular weight excluding hydrogens is 214 g/mol. The van der Waals surface area contributed by atoms with Crippen LogP contribution in [-0.4, -0.2) is 23.1 Å². The molecule has 0 radical (unpaired) electrons. The fourth-order valence-corrected chi connectivity index (χ4v) is 2.38. The smallest absolute Gasteiger partial charge is 0.138 e. The summed E-state index contributed by atoms with van der Waals surface area (Å²) in [5, 5.41) is 0. The standard InChI is InChI=1S/C13H23N3O/c1-10-11(6-5-8-14)16-12(15-10)13(2)7-3-4-9-17-13/h3-9,14H2,1-2H3,(H,15,16). The van der Waals surface area contributed by atoms with Crippen molar-refractivity contribution in [2.24, 2.45) is 5.73 Å². The van der Waals surface area contributed by atoms with Gasteiger partial charge in [-0.25, -0.2) is 4.98 Å². The molecule has 1 unspecified atom stereocenters. The Balaban J connectivity index is 2.15. The number of aromatic amines is 1. The number of hydrogen-bond donors (Lipinski definition) is 2. The van der Waals surface area contributed by atoms with Crippen molar-refractivity contribution in [1.29, 1.82) is 0 Å². The molecule has 1 aliphatic rings. The largest absolute Gasteiger partial charge is 0.367 e. The summed E-state index contributed by atoms with van der Waals surface area (Å²) in [5.41, 5.74) is 7.62. The highest BCUT2D eigenvalue weighted by Gasteiger charge is 2.33. The van der Waals surface area contributed by atoms with Crippen LogP contribution in [-0.2, 0) is 16.8 Å². The zero-order valence-electron chi connectivity index (χ0n) is 10.9. The minimum atomic E-state index is -0.218. The highest BCUT2D eigenvalue weighted by atomic mass is 16.5. The molecule has 0 bridgehead atoms. The fourth-order valence-electron chi connectivity index (χ4n) is 2.38. The SMILES string of the molecule is Cc1[nH]c(C2(C)CCCCO2)nc1CCCN. The second kappa shape index (κ2) is 5.19. The van der Waals surface area contributed by atoms with Gasteiger partial charge in [-0.1, -0.05) is 0 Å².